The summed E-state index contributed by atoms with van der Waals surface area (Å²) in [6.45, 7) is 1.84. The van der Waals surface area contributed by atoms with Crippen LogP contribution >= 0.6 is 34.5 Å². The Kier molecular flexibility index (Phi) is 3.97. The molecule has 1 unspecified atom stereocenters. The monoisotopic (exact) mass is 342 g/mol. The molecule has 2 heterocycles. The molecule has 110 valence electrons. The molecule has 1 aromatic carbocycles. The van der Waals surface area contributed by atoms with Crippen molar-refractivity contribution in [3.05, 3.63) is 49.1 Å². The summed E-state index contributed by atoms with van der Waals surface area (Å²) in [6.07, 6.45) is 0.190. The standard InChI is InChI=1S/C15H12Cl2O3S/c1-7-2-3-11(21-7)14(19)10-5-8-4-9(6-18)20-15(8)13(17)12(10)16/h2-3,5,9,18H,4,6H2,1H3. The lowest BCUT2D eigenvalue weighted by Gasteiger charge is -2.10. The van der Waals surface area contributed by atoms with Gasteiger partial charge >= 0.3 is 0 Å². The zero-order valence-electron chi connectivity index (χ0n) is 11.2. The number of halogens is 2. The number of carbonyl (C=O) groups excluding carboxylic acids is 1. The highest BCUT2D eigenvalue weighted by Crippen LogP contribution is 2.43. The van der Waals surface area contributed by atoms with Gasteiger partial charge in [0.25, 0.3) is 0 Å². The molecule has 2 aromatic rings. The van der Waals surface area contributed by atoms with Crippen molar-refractivity contribution >= 4 is 40.3 Å². The van der Waals surface area contributed by atoms with Crippen molar-refractivity contribution in [2.75, 3.05) is 6.61 Å². The van der Waals surface area contributed by atoms with E-state index in [2.05, 4.69) is 0 Å². The van der Waals surface area contributed by atoms with Gasteiger partial charge in [-0.05, 0) is 25.1 Å². The Morgan fingerprint density at radius 1 is 1.43 bits per heavy atom. The topological polar surface area (TPSA) is 46.5 Å². The highest BCUT2D eigenvalue weighted by Gasteiger charge is 2.29. The number of aliphatic hydroxyl groups is 1. The summed E-state index contributed by atoms with van der Waals surface area (Å²) < 4.78 is 5.54. The lowest BCUT2D eigenvalue weighted by atomic mass is 10.0. The maximum Gasteiger partial charge on any atom is 0.204 e. The summed E-state index contributed by atoms with van der Waals surface area (Å²) in [5.41, 5.74) is 1.18. The zero-order chi connectivity index (χ0) is 15.1. The molecular formula is C15H12Cl2O3S. The molecule has 1 atom stereocenters. The highest BCUT2D eigenvalue weighted by atomic mass is 35.5. The number of carbonyl (C=O) groups is 1. The number of ether oxygens (including phenoxy) is 1. The van der Waals surface area contributed by atoms with Gasteiger partial charge in [-0.25, -0.2) is 0 Å². The Hall–Kier alpha value is -1.07. The van der Waals surface area contributed by atoms with Crippen LogP contribution in [0, 0.1) is 6.92 Å². The molecule has 0 fully saturated rings. The number of rotatable bonds is 3. The number of benzene rings is 1. The van der Waals surface area contributed by atoms with Gasteiger partial charge in [-0.1, -0.05) is 23.2 Å². The maximum absolute atomic E-state index is 12.6. The average Bonchev–Trinajstić information content (AvgIpc) is 3.08. The van der Waals surface area contributed by atoms with Crippen LogP contribution in [0.4, 0.5) is 0 Å². The minimum absolute atomic E-state index is 0.101. The Bertz CT molecular complexity index is 724. The second-order valence-electron chi connectivity index (χ2n) is 4.91. The van der Waals surface area contributed by atoms with E-state index in [0.717, 1.165) is 10.4 Å². The fourth-order valence-electron chi connectivity index (χ4n) is 2.35. The molecule has 0 saturated heterocycles. The number of ketones is 1. The van der Waals surface area contributed by atoms with E-state index in [1.807, 2.05) is 13.0 Å². The average molecular weight is 343 g/mol. The molecule has 1 aliphatic heterocycles. The molecule has 0 amide bonds. The van der Waals surface area contributed by atoms with E-state index < -0.39 is 0 Å². The Morgan fingerprint density at radius 3 is 2.81 bits per heavy atom. The Balaban J connectivity index is 2.05. The van der Waals surface area contributed by atoms with Crippen molar-refractivity contribution in [1.82, 2.24) is 0 Å². The largest absolute Gasteiger partial charge is 0.486 e. The van der Waals surface area contributed by atoms with Crippen LogP contribution in [0.15, 0.2) is 18.2 Å². The normalized spacial score (nSPS) is 16.7. The van der Waals surface area contributed by atoms with Crippen LogP contribution in [0.3, 0.4) is 0 Å². The number of aliphatic hydroxyl groups excluding tert-OH is 1. The van der Waals surface area contributed by atoms with E-state index in [-0.39, 0.29) is 28.5 Å². The van der Waals surface area contributed by atoms with Crippen LogP contribution < -0.4 is 4.74 Å². The zero-order valence-corrected chi connectivity index (χ0v) is 13.5. The van der Waals surface area contributed by atoms with E-state index in [1.165, 1.54) is 11.3 Å². The van der Waals surface area contributed by atoms with Gasteiger partial charge in [-0.15, -0.1) is 11.3 Å². The molecule has 0 saturated carbocycles. The molecule has 1 aliphatic rings. The molecule has 3 nitrogen and oxygen atoms in total. The summed E-state index contributed by atoms with van der Waals surface area (Å²) >= 11 is 13.9. The van der Waals surface area contributed by atoms with Crippen molar-refractivity contribution in [2.24, 2.45) is 0 Å². The molecule has 3 rings (SSSR count). The fraction of sp³-hybridized carbons (Fsp3) is 0.267. The molecule has 0 radical (unpaired) electrons. The second kappa shape index (κ2) is 5.61. The van der Waals surface area contributed by atoms with E-state index in [4.69, 9.17) is 27.9 Å². The lowest BCUT2D eigenvalue weighted by molar-refractivity contribution is 0.104. The second-order valence-corrected chi connectivity index (χ2v) is 6.95. The van der Waals surface area contributed by atoms with Gasteiger partial charge in [0.15, 0.2) is 0 Å². The van der Waals surface area contributed by atoms with Crippen molar-refractivity contribution < 1.29 is 14.6 Å². The van der Waals surface area contributed by atoms with Gasteiger partial charge in [0.2, 0.25) is 5.78 Å². The predicted molar refractivity (Wildman–Crippen MR) is 84.2 cm³/mol. The van der Waals surface area contributed by atoms with Crippen LogP contribution in [-0.4, -0.2) is 23.6 Å². The van der Waals surface area contributed by atoms with Gasteiger partial charge in [0, 0.05) is 22.4 Å². The maximum atomic E-state index is 12.6. The lowest BCUT2D eigenvalue weighted by Crippen LogP contribution is -2.17. The number of aryl methyl sites for hydroxylation is 1. The van der Waals surface area contributed by atoms with Crippen molar-refractivity contribution in [1.29, 1.82) is 0 Å². The molecule has 0 aliphatic carbocycles. The molecule has 0 spiro atoms. The van der Waals surface area contributed by atoms with E-state index in [1.54, 1.807) is 12.1 Å². The van der Waals surface area contributed by atoms with Gasteiger partial charge in [-0.2, -0.15) is 0 Å². The molecule has 1 aromatic heterocycles. The van der Waals surface area contributed by atoms with Crippen LogP contribution in [0.1, 0.15) is 25.7 Å². The van der Waals surface area contributed by atoms with E-state index in [9.17, 15) is 9.90 Å². The SMILES string of the molecule is Cc1ccc(C(=O)c2cc3c(c(Cl)c2Cl)OC(CO)C3)s1. The third-order valence-corrected chi connectivity index (χ3v) is 5.23. The number of fused-ring (bicyclic) bond motifs is 1. The quantitative estimate of drug-likeness (QED) is 0.860. The van der Waals surface area contributed by atoms with E-state index >= 15 is 0 Å². The van der Waals surface area contributed by atoms with Crippen molar-refractivity contribution in [3.63, 3.8) is 0 Å². The molecule has 0 bridgehead atoms. The minimum Gasteiger partial charge on any atom is -0.486 e. The number of hydrogen-bond acceptors (Lipinski definition) is 4. The van der Waals surface area contributed by atoms with Gasteiger partial charge in [0.1, 0.15) is 16.9 Å². The van der Waals surface area contributed by atoms with Gasteiger partial charge < -0.3 is 9.84 Å². The third kappa shape index (κ3) is 2.57. The van der Waals surface area contributed by atoms with E-state index in [0.29, 0.717) is 22.6 Å². The first-order chi connectivity index (χ1) is 10.0. The first-order valence-corrected chi connectivity index (χ1v) is 7.98. The summed E-state index contributed by atoms with van der Waals surface area (Å²) in [6, 6.07) is 5.40. The van der Waals surface area contributed by atoms with Gasteiger partial charge in [-0.3, -0.25) is 4.79 Å². The molecular weight excluding hydrogens is 331 g/mol. The Morgan fingerprint density at radius 2 is 2.19 bits per heavy atom. The molecule has 1 N–H and O–H groups in total. The first kappa shape index (κ1) is 14.9. The minimum atomic E-state index is -0.331. The first-order valence-electron chi connectivity index (χ1n) is 6.40. The summed E-state index contributed by atoms with van der Waals surface area (Å²) in [5.74, 6) is 0.329. The summed E-state index contributed by atoms with van der Waals surface area (Å²) in [7, 11) is 0. The molecule has 21 heavy (non-hydrogen) atoms. The van der Waals surface area contributed by atoms with Crippen molar-refractivity contribution in [3.8, 4) is 5.75 Å². The fourth-order valence-corrected chi connectivity index (χ4v) is 3.67. The Labute approximate surface area is 136 Å². The van der Waals surface area contributed by atoms with Crippen LogP contribution in [0.5, 0.6) is 5.75 Å². The van der Waals surface area contributed by atoms with Crippen LogP contribution in [0.2, 0.25) is 10.0 Å². The van der Waals surface area contributed by atoms with Gasteiger partial charge in [0.05, 0.1) is 16.5 Å². The highest BCUT2D eigenvalue weighted by molar-refractivity contribution is 7.14. The summed E-state index contributed by atoms with van der Waals surface area (Å²) in [4.78, 5) is 14.2. The van der Waals surface area contributed by atoms with Crippen LogP contribution in [-0.2, 0) is 6.42 Å². The summed E-state index contributed by atoms with van der Waals surface area (Å²) in [5, 5.41) is 9.63. The third-order valence-electron chi connectivity index (χ3n) is 3.38. The van der Waals surface area contributed by atoms with Crippen molar-refractivity contribution in [2.45, 2.75) is 19.4 Å². The number of thiophene rings is 1. The predicted octanol–water partition coefficient (Wildman–Crippen LogP) is 3.89. The smallest absolute Gasteiger partial charge is 0.204 e. The molecule has 6 heteroatoms. The number of hydrogen-bond donors (Lipinski definition) is 1. The van der Waals surface area contributed by atoms with Crippen LogP contribution in [0.25, 0.3) is 0 Å².